The van der Waals surface area contributed by atoms with Gasteiger partial charge in [0.05, 0.1) is 0 Å². The van der Waals surface area contributed by atoms with Crippen molar-refractivity contribution in [2.24, 2.45) is 5.41 Å². The zero-order valence-electron chi connectivity index (χ0n) is 14.0. The van der Waals surface area contributed by atoms with Gasteiger partial charge in [0, 0.05) is 11.7 Å². The summed E-state index contributed by atoms with van der Waals surface area (Å²) in [5.74, 6) is 0. The molecule has 0 atom stereocenters. The van der Waals surface area contributed by atoms with Crippen LogP contribution in [-0.2, 0) is 5.41 Å². The van der Waals surface area contributed by atoms with Gasteiger partial charge in [-0.3, -0.25) is 0 Å². The zero-order chi connectivity index (χ0) is 14.9. The van der Waals surface area contributed by atoms with Gasteiger partial charge in [-0.2, -0.15) is 0 Å². The van der Waals surface area contributed by atoms with Crippen LogP contribution in [0.2, 0.25) is 0 Å². The van der Waals surface area contributed by atoms with Crippen molar-refractivity contribution < 1.29 is 0 Å². The average molecular weight is 285 g/mol. The van der Waals surface area contributed by atoms with Crippen molar-refractivity contribution in [1.82, 2.24) is 0 Å². The minimum absolute atomic E-state index is 0.248. The van der Waals surface area contributed by atoms with E-state index in [9.17, 15) is 0 Å². The molecule has 0 bridgehead atoms. The second-order valence-corrected chi connectivity index (χ2v) is 8.45. The van der Waals surface area contributed by atoms with Crippen molar-refractivity contribution in [2.75, 3.05) is 5.32 Å². The van der Waals surface area contributed by atoms with Gasteiger partial charge in [0.1, 0.15) is 0 Å². The molecule has 1 N–H and O–H groups in total. The lowest BCUT2D eigenvalue weighted by molar-refractivity contribution is 0.188. The highest BCUT2D eigenvalue weighted by Crippen LogP contribution is 2.49. The molecule has 0 heterocycles. The van der Waals surface area contributed by atoms with Crippen LogP contribution < -0.4 is 5.32 Å². The van der Waals surface area contributed by atoms with Crippen LogP contribution in [0.3, 0.4) is 0 Å². The third-order valence-electron chi connectivity index (χ3n) is 5.83. The molecule has 21 heavy (non-hydrogen) atoms. The normalized spacial score (nSPS) is 22.6. The van der Waals surface area contributed by atoms with Crippen LogP contribution in [0.4, 0.5) is 5.69 Å². The number of anilines is 1. The van der Waals surface area contributed by atoms with E-state index in [-0.39, 0.29) is 5.41 Å². The molecular weight excluding hydrogens is 254 g/mol. The maximum atomic E-state index is 3.77. The Morgan fingerprint density at radius 1 is 0.905 bits per heavy atom. The van der Waals surface area contributed by atoms with Gasteiger partial charge < -0.3 is 5.32 Å². The lowest BCUT2D eigenvalue weighted by atomic mass is 9.71. The molecule has 1 heteroatoms. The van der Waals surface area contributed by atoms with Gasteiger partial charge in [0.2, 0.25) is 0 Å². The number of nitrogens with one attached hydrogen (secondary N) is 1. The average Bonchev–Trinajstić information content (AvgIpc) is 2.90. The van der Waals surface area contributed by atoms with Crippen molar-refractivity contribution in [3.63, 3.8) is 0 Å². The number of benzene rings is 1. The highest BCUT2D eigenvalue weighted by molar-refractivity contribution is 5.46. The summed E-state index contributed by atoms with van der Waals surface area (Å²) < 4.78 is 0. The van der Waals surface area contributed by atoms with E-state index in [4.69, 9.17) is 0 Å². The fraction of sp³-hybridized carbons (Fsp3) is 0.700. The van der Waals surface area contributed by atoms with Gasteiger partial charge in [-0.15, -0.1) is 0 Å². The fourth-order valence-electron chi connectivity index (χ4n) is 4.30. The Balaban J connectivity index is 1.55. The van der Waals surface area contributed by atoms with Crippen LogP contribution in [0.5, 0.6) is 0 Å². The van der Waals surface area contributed by atoms with E-state index in [1.165, 1.54) is 62.6 Å². The van der Waals surface area contributed by atoms with E-state index in [0.717, 1.165) is 5.41 Å². The maximum Gasteiger partial charge on any atom is 0.0342 e. The SMILES string of the molecule is CC(C)(C)c1ccc(NC2CCC3(CCCC3)CC2)cc1. The molecule has 1 aromatic carbocycles. The Labute approximate surface area is 130 Å². The van der Waals surface area contributed by atoms with Gasteiger partial charge in [-0.05, 0) is 67.1 Å². The Hall–Kier alpha value is -0.980. The van der Waals surface area contributed by atoms with E-state index in [1.807, 2.05) is 0 Å². The molecular formula is C20H31N. The smallest absolute Gasteiger partial charge is 0.0342 e. The topological polar surface area (TPSA) is 12.0 Å². The third kappa shape index (κ3) is 3.44. The van der Waals surface area contributed by atoms with Gasteiger partial charge >= 0.3 is 0 Å². The first-order valence-corrected chi connectivity index (χ1v) is 8.84. The summed E-state index contributed by atoms with van der Waals surface area (Å²) in [6.07, 6.45) is 11.6. The Morgan fingerprint density at radius 3 is 2.00 bits per heavy atom. The lowest BCUT2D eigenvalue weighted by Gasteiger charge is -2.38. The third-order valence-corrected chi connectivity index (χ3v) is 5.83. The van der Waals surface area contributed by atoms with Crippen LogP contribution in [0.15, 0.2) is 24.3 Å². The first kappa shape index (κ1) is 14.9. The van der Waals surface area contributed by atoms with E-state index in [0.29, 0.717) is 6.04 Å². The fourth-order valence-corrected chi connectivity index (χ4v) is 4.30. The molecule has 1 nitrogen and oxygen atoms in total. The Morgan fingerprint density at radius 2 is 1.48 bits per heavy atom. The molecule has 2 fully saturated rings. The van der Waals surface area contributed by atoms with Crippen molar-refractivity contribution >= 4 is 5.69 Å². The molecule has 0 aromatic heterocycles. The minimum atomic E-state index is 0.248. The second kappa shape index (κ2) is 5.66. The zero-order valence-corrected chi connectivity index (χ0v) is 14.0. The molecule has 0 radical (unpaired) electrons. The summed E-state index contributed by atoms with van der Waals surface area (Å²) in [5, 5.41) is 3.77. The highest BCUT2D eigenvalue weighted by atomic mass is 14.9. The number of hydrogen-bond donors (Lipinski definition) is 1. The molecule has 1 spiro atoms. The molecule has 2 saturated carbocycles. The van der Waals surface area contributed by atoms with Gasteiger partial charge in [0.25, 0.3) is 0 Å². The summed E-state index contributed by atoms with van der Waals surface area (Å²) >= 11 is 0. The summed E-state index contributed by atoms with van der Waals surface area (Å²) in [7, 11) is 0. The molecule has 1 aromatic rings. The van der Waals surface area contributed by atoms with Gasteiger partial charge in [-0.25, -0.2) is 0 Å². The van der Waals surface area contributed by atoms with Gasteiger partial charge in [-0.1, -0.05) is 45.7 Å². The van der Waals surface area contributed by atoms with Crippen LogP contribution in [-0.4, -0.2) is 6.04 Å². The summed E-state index contributed by atoms with van der Waals surface area (Å²) in [6, 6.07) is 9.78. The quantitative estimate of drug-likeness (QED) is 0.713. The lowest BCUT2D eigenvalue weighted by Crippen LogP contribution is -2.31. The number of rotatable bonds is 2. The Kier molecular flexibility index (Phi) is 4.03. The van der Waals surface area contributed by atoms with Crippen molar-refractivity contribution in [1.29, 1.82) is 0 Å². The molecule has 0 saturated heterocycles. The monoisotopic (exact) mass is 285 g/mol. The predicted octanol–water partition coefficient (Wildman–Crippen LogP) is 5.90. The largest absolute Gasteiger partial charge is 0.382 e. The van der Waals surface area contributed by atoms with Crippen molar-refractivity contribution in [3.05, 3.63) is 29.8 Å². The molecule has 0 amide bonds. The predicted molar refractivity (Wildman–Crippen MR) is 91.9 cm³/mol. The first-order valence-electron chi connectivity index (χ1n) is 8.84. The van der Waals surface area contributed by atoms with E-state index in [1.54, 1.807) is 0 Å². The van der Waals surface area contributed by atoms with Crippen LogP contribution in [0.25, 0.3) is 0 Å². The Bertz CT molecular complexity index is 450. The van der Waals surface area contributed by atoms with Crippen molar-refractivity contribution in [3.8, 4) is 0 Å². The summed E-state index contributed by atoms with van der Waals surface area (Å²) in [6.45, 7) is 6.83. The van der Waals surface area contributed by atoms with Crippen LogP contribution in [0.1, 0.15) is 77.7 Å². The second-order valence-electron chi connectivity index (χ2n) is 8.45. The first-order chi connectivity index (χ1) is 9.97. The maximum absolute atomic E-state index is 3.77. The van der Waals surface area contributed by atoms with Crippen molar-refractivity contribution in [2.45, 2.75) is 83.6 Å². The number of hydrogen-bond acceptors (Lipinski definition) is 1. The molecule has 2 aliphatic carbocycles. The van der Waals surface area contributed by atoms with E-state index >= 15 is 0 Å². The minimum Gasteiger partial charge on any atom is -0.382 e. The summed E-state index contributed by atoms with van der Waals surface area (Å²) in [5.41, 5.74) is 3.71. The highest BCUT2D eigenvalue weighted by Gasteiger charge is 2.37. The molecule has 2 aliphatic rings. The molecule has 116 valence electrons. The van der Waals surface area contributed by atoms with Crippen LogP contribution in [0, 0.1) is 5.41 Å². The van der Waals surface area contributed by atoms with E-state index < -0.39 is 0 Å². The van der Waals surface area contributed by atoms with Gasteiger partial charge in [0.15, 0.2) is 0 Å². The van der Waals surface area contributed by atoms with E-state index in [2.05, 4.69) is 50.4 Å². The molecule has 3 rings (SSSR count). The standard InChI is InChI=1S/C20H31N/c1-19(2,3)16-6-8-17(9-7-16)21-18-10-14-20(15-11-18)12-4-5-13-20/h6-9,18,21H,4-5,10-15H2,1-3H3. The van der Waals surface area contributed by atoms with Crippen LogP contribution >= 0.6 is 0 Å². The molecule has 0 aliphatic heterocycles. The molecule has 0 unspecified atom stereocenters. The summed E-state index contributed by atoms with van der Waals surface area (Å²) in [4.78, 5) is 0.